The van der Waals surface area contributed by atoms with Crippen LogP contribution >= 0.6 is 0 Å². The Balaban J connectivity index is 2.95. The lowest BCUT2D eigenvalue weighted by molar-refractivity contribution is -0.142. The second-order valence-corrected chi connectivity index (χ2v) is 3.52. The van der Waals surface area contributed by atoms with E-state index >= 15 is 0 Å². The maximum absolute atomic E-state index is 10.9. The number of carboxylic acids is 1. The molecule has 1 aromatic heterocycles. The average Bonchev–Trinajstić information content (AvgIpc) is 2.34. The van der Waals surface area contributed by atoms with Crippen molar-refractivity contribution < 1.29 is 9.90 Å². The number of nitrogens with zero attached hydrogens (tertiary/aromatic N) is 2. The molecule has 0 radical (unpaired) electrons. The summed E-state index contributed by atoms with van der Waals surface area (Å²) in [5.41, 5.74) is 0.979. The summed E-state index contributed by atoms with van der Waals surface area (Å²) >= 11 is 0. The molecule has 0 amide bonds. The van der Waals surface area contributed by atoms with Crippen molar-refractivity contribution in [2.45, 2.75) is 26.8 Å². The third-order valence-electron chi connectivity index (χ3n) is 1.90. The monoisotopic (exact) mass is 182 g/mol. The van der Waals surface area contributed by atoms with Crippen molar-refractivity contribution >= 4 is 5.97 Å². The van der Waals surface area contributed by atoms with Gasteiger partial charge >= 0.3 is 5.97 Å². The summed E-state index contributed by atoms with van der Waals surface area (Å²) in [6, 6.07) is -0.561. The molecule has 13 heavy (non-hydrogen) atoms. The van der Waals surface area contributed by atoms with Crippen LogP contribution in [0.1, 0.15) is 25.5 Å². The lowest BCUT2D eigenvalue weighted by Crippen LogP contribution is -2.24. The Morgan fingerprint density at radius 3 is 2.54 bits per heavy atom. The number of aliphatic carboxylic acids is 1. The highest BCUT2D eigenvalue weighted by Crippen LogP contribution is 2.17. The Kier molecular flexibility index (Phi) is 2.70. The van der Waals surface area contributed by atoms with Crippen molar-refractivity contribution in [3.05, 3.63) is 18.0 Å². The third-order valence-corrected chi connectivity index (χ3v) is 1.90. The van der Waals surface area contributed by atoms with Crippen LogP contribution in [-0.2, 0) is 4.79 Å². The molecule has 72 valence electrons. The summed E-state index contributed by atoms with van der Waals surface area (Å²) in [5, 5.41) is 12.9. The molecular formula is C9H14N2O2. The Bertz CT molecular complexity index is 304. The quantitative estimate of drug-likeness (QED) is 0.770. The average molecular weight is 182 g/mol. The minimum atomic E-state index is -0.835. The summed E-state index contributed by atoms with van der Waals surface area (Å²) < 4.78 is 1.50. The van der Waals surface area contributed by atoms with Crippen LogP contribution in [0, 0.1) is 12.8 Å². The molecule has 1 heterocycles. The van der Waals surface area contributed by atoms with Crippen molar-refractivity contribution in [1.29, 1.82) is 0 Å². The summed E-state index contributed by atoms with van der Waals surface area (Å²) in [7, 11) is 0. The van der Waals surface area contributed by atoms with Crippen molar-refractivity contribution in [2.75, 3.05) is 0 Å². The van der Waals surface area contributed by atoms with Gasteiger partial charge in [0.05, 0.1) is 6.20 Å². The zero-order valence-corrected chi connectivity index (χ0v) is 8.06. The second-order valence-electron chi connectivity index (χ2n) is 3.52. The second kappa shape index (κ2) is 3.60. The molecule has 0 aliphatic heterocycles. The molecular weight excluding hydrogens is 168 g/mol. The molecule has 1 unspecified atom stereocenters. The molecule has 1 aromatic rings. The van der Waals surface area contributed by atoms with Gasteiger partial charge in [0.15, 0.2) is 6.04 Å². The van der Waals surface area contributed by atoms with Crippen LogP contribution in [-0.4, -0.2) is 20.9 Å². The molecule has 1 N–H and O–H groups in total. The smallest absolute Gasteiger partial charge is 0.328 e. The van der Waals surface area contributed by atoms with Gasteiger partial charge in [-0.15, -0.1) is 0 Å². The molecule has 0 bridgehead atoms. The first-order valence-electron chi connectivity index (χ1n) is 4.26. The van der Waals surface area contributed by atoms with Gasteiger partial charge in [-0.1, -0.05) is 13.8 Å². The largest absolute Gasteiger partial charge is 0.480 e. The normalized spacial score (nSPS) is 13.2. The number of carbonyl (C=O) groups is 1. The summed E-state index contributed by atoms with van der Waals surface area (Å²) in [4.78, 5) is 10.9. The molecule has 0 spiro atoms. The number of rotatable bonds is 3. The molecule has 0 aromatic carbocycles. The van der Waals surface area contributed by atoms with E-state index in [1.54, 1.807) is 12.4 Å². The van der Waals surface area contributed by atoms with E-state index in [1.807, 2.05) is 20.8 Å². The molecule has 4 heteroatoms. The van der Waals surface area contributed by atoms with Crippen LogP contribution in [0.3, 0.4) is 0 Å². The zero-order valence-electron chi connectivity index (χ0n) is 8.06. The van der Waals surface area contributed by atoms with E-state index in [0.717, 1.165) is 5.56 Å². The Hall–Kier alpha value is -1.32. The molecule has 0 aliphatic rings. The van der Waals surface area contributed by atoms with Crippen LogP contribution in [0.25, 0.3) is 0 Å². The van der Waals surface area contributed by atoms with Crippen molar-refractivity contribution in [3.63, 3.8) is 0 Å². The van der Waals surface area contributed by atoms with Crippen LogP contribution in [0.5, 0.6) is 0 Å². The van der Waals surface area contributed by atoms with E-state index < -0.39 is 12.0 Å². The van der Waals surface area contributed by atoms with E-state index in [2.05, 4.69) is 5.10 Å². The Morgan fingerprint density at radius 1 is 1.62 bits per heavy atom. The molecule has 4 nitrogen and oxygen atoms in total. The van der Waals surface area contributed by atoms with Gasteiger partial charge < -0.3 is 5.11 Å². The Morgan fingerprint density at radius 2 is 2.23 bits per heavy atom. The summed E-state index contributed by atoms with van der Waals surface area (Å²) in [6.07, 6.45) is 3.41. The predicted octanol–water partition coefficient (Wildman–Crippen LogP) is 1.47. The lowest BCUT2D eigenvalue weighted by Gasteiger charge is -2.16. The fourth-order valence-corrected chi connectivity index (χ4v) is 1.29. The van der Waals surface area contributed by atoms with Crippen LogP contribution in [0.4, 0.5) is 0 Å². The summed E-state index contributed by atoms with van der Waals surface area (Å²) in [6.45, 7) is 5.63. The van der Waals surface area contributed by atoms with Gasteiger partial charge in [-0.25, -0.2) is 4.79 Å². The molecule has 1 atom stereocenters. The molecule has 0 fully saturated rings. The lowest BCUT2D eigenvalue weighted by atomic mass is 10.1. The number of carboxylic acid groups (broad SMARTS) is 1. The third kappa shape index (κ3) is 2.08. The highest BCUT2D eigenvalue weighted by Gasteiger charge is 2.23. The van der Waals surface area contributed by atoms with Gasteiger partial charge in [0.25, 0.3) is 0 Å². The fraction of sp³-hybridized carbons (Fsp3) is 0.556. The van der Waals surface area contributed by atoms with Gasteiger partial charge in [0, 0.05) is 6.20 Å². The highest BCUT2D eigenvalue weighted by molar-refractivity contribution is 5.72. The van der Waals surface area contributed by atoms with Crippen LogP contribution in [0.15, 0.2) is 12.4 Å². The molecule has 0 aliphatic carbocycles. The number of hydrogen-bond acceptors (Lipinski definition) is 2. The minimum absolute atomic E-state index is 0.0387. The van der Waals surface area contributed by atoms with Crippen molar-refractivity contribution in [2.24, 2.45) is 5.92 Å². The first kappa shape index (κ1) is 9.77. The SMILES string of the molecule is Cc1cnn(C(C(=O)O)C(C)C)c1. The van der Waals surface area contributed by atoms with E-state index in [9.17, 15) is 4.79 Å². The van der Waals surface area contributed by atoms with Gasteiger partial charge in [0.1, 0.15) is 0 Å². The van der Waals surface area contributed by atoms with E-state index in [-0.39, 0.29) is 5.92 Å². The predicted molar refractivity (Wildman–Crippen MR) is 48.5 cm³/mol. The van der Waals surface area contributed by atoms with Crippen molar-refractivity contribution in [3.8, 4) is 0 Å². The highest BCUT2D eigenvalue weighted by atomic mass is 16.4. The van der Waals surface area contributed by atoms with Gasteiger partial charge in [0.2, 0.25) is 0 Å². The van der Waals surface area contributed by atoms with Crippen molar-refractivity contribution in [1.82, 2.24) is 9.78 Å². The van der Waals surface area contributed by atoms with Crippen LogP contribution < -0.4 is 0 Å². The van der Waals surface area contributed by atoms with E-state index in [0.29, 0.717) is 0 Å². The number of hydrogen-bond donors (Lipinski definition) is 1. The number of aromatic nitrogens is 2. The first-order valence-corrected chi connectivity index (χ1v) is 4.26. The first-order chi connectivity index (χ1) is 6.02. The van der Waals surface area contributed by atoms with E-state index in [4.69, 9.17) is 5.11 Å². The summed E-state index contributed by atoms with van der Waals surface area (Å²) in [5.74, 6) is -0.796. The molecule has 1 rings (SSSR count). The Labute approximate surface area is 77.2 Å². The maximum Gasteiger partial charge on any atom is 0.328 e. The van der Waals surface area contributed by atoms with Gasteiger partial charge in [-0.2, -0.15) is 5.10 Å². The van der Waals surface area contributed by atoms with Crippen LogP contribution in [0.2, 0.25) is 0 Å². The van der Waals surface area contributed by atoms with Gasteiger partial charge in [-0.05, 0) is 18.4 Å². The minimum Gasteiger partial charge on any atom is -0.480 e. The van der Waals surface area contributed by atoms with Gasteiger partial charge in [-0.3, -0.25) is 4.68 Å². The zero-order chi connectivity index (χ0) is 10.0. The maximum atomic E-state index is 10.9. The van der Waals surface area contributed by atoms with E-state index in [1.165, 1.54) is 4.68 Å². The fourth-order valence-electron chi connectivity index (χ4n) is 1.29. The molecule has 0 saturated heterocycles. The molecule has 0 saturated carbocycles. The standard InChI is InChI=1S/C9H14N2O2/c1-6(2)8(9(12)13)11-5-7(3)4-10-11/h4-6,8H,1-3H3,(H,12,13). The number of aryl methyl sites for hydroxylation is 1. The topological polar surface area (TPSA) is 55.1 Å².